The zero-order valence-electron chi connectivity index (χ0n) is 19.7. The molecule has 0 aliphatic carbocycles. The maximum Gasteiger partial charge on any atom is 0.319 e. The number of carbonyl (C=O) groups is 3. The number of hydrogen-bond acceptors (Lipinski definition) is 5. The summed E-state index contributed by atoms with van der Waals surface area (Å²) in [5.74, 6) is 0.0199. The number of likely N-dealkylation sites (tertiary alicyclic amines) is 1. The molecule has 0 spiro atoms. The molecule has 3 amide bonds. The summed E-state index contributed by atoms with van der Waals surface area (Å²) in [6.07, 6.45) is 2.11. The Morgan fingerprint density at radius 2 is 1.79 bits per heavy atom. The highest BCUT2D eigenvalue weighted by Crippen LogP contribution is 2.26. The Hall–Kier alpha value is -3.68. The molecule has 178 valence electrons. The second-order valence-corrected chi connectivity index (χ2v) is 9.02. The van der Waals surface area contributed by atoms with Crippen molar-refractivity contribution in [3.63, 3.8) is 0 Å². The van der Waals surface area contributed by atoms with E-state index in [9.17, 15) is 14.4 Å². The van der Waals surface area contributed by atoms with Gasteiger partial charge in [-0.2, -0.15) is 5.10 Å². The lowest BCUT2D eigenvalue weighted by molar-refractivity contribution is -0.125. The lowest BCUT2D eigenvalue weighted by Crippen LogP contribution is -2.46. The minimum absolute atomic E-state index is 0.0179. The highest BCUT2D eigenvalue weighted by Gasteiger charge is 2.36. The van der Waals surface area contributed by atoms with Crippen molar-refractivity contribution in [1.29, 1.82) is 0 Å². The molecule has 4 rings (SSSR count). The van der Waals surface area contributed by atoms with Crippen molar-refractivity contribution in [2.75, 3.05) is 30.0 Å². The van der Waals surface area contributed by atoms with Crippen molar-refractivity contribution in [1.82, 2.24) is 10.2 Å². The molecule has 0 saturated carbocycles. The lowest BCUT2D eigenvalue weighted by atomic mass is 9.97. The van der Waals surface area contributed by atoms with Crippen LogP contribution in [0.25, 0.3) is 0 Å². The summed E-state index contributed by atoms with van der Waals surface area (Å²) in [5, 5.41) is 12.0. The summed E-state index contributed by atoms with van der Waals surface area (Å²) in [5.41, 5.74) is 3.08. The number of carbonyl (C=O) groups excluding carboxylic acids is 3. The van der Waals surface area contributed by atoms with E-state index < -0.39 is 6.04 Å². The van der Waals surface area contributed by atoms with Gasteiger partial charge in [-0.15, -0.1) is 0 Å². The Morgan fingerprint density at radius 1 is 1.06 bits per heavy atom. The molecule has 2 aromatic rings. The van der Waals surface area contributed by atoms with Gasteiger partial charge in [-0.3, -0.25) is 14.6 Å². The summed E-state index contributed by atoms with van der Waals surface area (Å²) in [6, 6.07) is 16.4. The van der Waals surface area contributed by atoms with Crippen LogP contribution in [0, 0.1) is 12.8 Å². The van der Waals surface area contributed by atoms with Crippen LogP contribution in [0.4, 0.5) is 16.2 Å². The Labute approximate surface area is 200 Å². The molecule has 2 aliphatic rings. The van der Waals surface area contributed by atoms with Crippen molar-refractivity contribution < 1.29 is 14.4 Å². The van der Waals surface area contributed by atoms with Crippen molar-refractivity contribution in [3.8, 4) is 0 Å². The van der Waals surface area contributed by atoms with Gasteiger partial charge in [0.1, 0.15) is 11.8 Å². The number of nitrogens with one attached hydrogen (secondary N) is 2. The number of piperidine rings is 1. The smallest absolute Gasteiger partial charge is 0.319 e. The number of anilines is 2. The molecular formula is C26H31N5O3. The zero-order valence-corrected chi connectivity index (χ0v) is 19.7. The highest BCUT2D eigenvalue weighted by atomic mass is 16.2. The Morgan fingerprint density at radius 3 is 2.50 bits per heavy atom. The summed E-state index contributed by atoms with van der Waals surface area (Å²) in [6.45, 7) is 5.23. The maximum atomic E-state index is 13.3. The Kier molecular flexibility index (Phi) is 7.25. The number of amides is 3. The molecule has 2 unspecified atom stereocenters. The van der Waals surface area contributed by atoms with Gasteiger partial charge < -0.3 is 15.5 Å². The van der Waals surface area contributed by atoms with E-state index in [1.54, 1.807) is 9.91 Å². The molecule has 2 heterocycles. The van der Waals surface area contributed by atoms with E-state index in [0.717, 1.165) is 29.8 Å². The minimum Gasteiger partial charge on any atom is -0.338 e. The molecule has 0 bridgehead atoms. The fraction of sp³-hybridized carbons (Fsp3) is 0.385. The van der Waals surface area contributed by atoms with Crippen LogP contribution in [0.3, 0.4) is 0 Å². The number of nitrogens with zero attached hydrogens (tertiary/aromatic N) is 3. The van der Waals surface area contributed by atoms with E-state index in [-0.39, 0.29) is 23.6 Å². The van der Waals surface area contributed by atoms with Crippen molar-refractivity contribution in [2.45, 2.75) is 39.2 Å². The van der Waals surface area contributed by atoms with Gasteiger partial charge in [0.2, 0.25) is 0 Å². The van der Waals surface area contributed by atoms with E-state index in [4.69, 9.17) is 0 Å². The molecule has 2 aromatic carbocycles. The number of urea groups is 1. The first-order chi connectivity index (χ1) is 16.4. The average molecular weight is 462 g/mol. The highest BCUT2D eigenvalue weighted by molar-refractivity contribution is 6.40. The fourth-order valence-corrected chi connectivity index (χ4v) is 4.42. The number of hydrazone groups is 1. The third-order valence-electron chi connectivity index (χ3n) is 6.31. The number of para-hydroxylation sites is 1. The molecular weight excluding hydrogens is 430 g/mol. The second kappa shape index (κ2) is 10.5. The van der Waals surface area contributed by atoms with Gasteiger partial charge in [0.15, 0.2) is 5.78 Å². The van der Waals surface area contributed by atoms with Crippen LogP contribution in [0.2, 0.25) is 0 Å². The van der Waals surface area contributed by atoms with E-state index in [0.29, 0.717) is 31.8 Å². The van der Waals surface area contributed by atoms with Gasteiger partial charge >= 0.3 is 6.03 Å². The van der Waals surface area contributed by atoms with Crippen LogP contribution >= 0.6 is 0 Å². The quantitative estimate of drug-likeness (QED) is 0.688. The van der Waals surface area contributed by atoms with Gasteiger partial charge in [0, 0.05) is 31.7 Å². The van der Waals surface area contributed by atoms with Crippen LogP contribution in [-0.2, 0) is 9.59 Å². The molecule has 2 atom stereocenters. The zero-order chi connectivity index (χ0) is 24.1. The lowest BCUT2D eigenvalue weighted by Gasteiger charge is -2.32. The topological polar surface area (TPSA) is 94.1 Å². The first-order valence-corrected chi connectivity index (χ1v) is 11.7. The van der Waals surface area contributed by atoms with E-state index >= 15 is 0 Å². The van der Waals surface area contributed by atoms with Crippen LogP contribution < -0.4 is 15.6 Å². The molecule has 8 nitrogen and oxygen atoms in total. The monoisotopic (exact) mass is 461 g/mol. The summed E-state index contributed by atoms with van der Waals surface area (Å²) in [7, 11) is 0. The van der Waals surface area contributed by atoms with E-state index in [1.165, 1.54) is 6.92 Å². The Balaban J connectivity index is 1.34. The van der Waals surface area contributed by atoms with Gasteiger partial charge in [-0.25, -0.2) is 4.79 Å². The normalized spacial score (nSPS) is 20.0. The van der Waals surface area contributed by atoms with E-state index in [1.807, 2.05) is 61.5 Å². The number of ketones is 1. The molecule has 1 saturated heterocycles. The van der Waals surface area contributed by atoms with Gasteiger partial charge in [0.25, 0.3) is 5.91 Å². The van der Waals surface area contributed by atoms with Gasteiger partial charge in [-0.05, 0) is 56.9 Å². The summed E-state index contributed by atoms with van der Waals surface area (Å²) in [4.78, 5) is 39.6. The maximum absolute atomic E-state index is 13.3. The minimum atomic E-state index is -0.464. The summed E-state index contributed by atoms with van der Waals surface area (Å²) < 4.78 is 0. The number of rotatable bonds is 6. The Bertz CT molecular complexity index is 1070. The molecule has 0 aromatic heterocycles. The summed E-state index contributed by atoms with van der Waals surface area (Å²) >= 11 is 0. The molecule has 34 heavy (non-hydrogen) atoms. The standard InChI is InChI=1S/C26H31N5O3/c1-18-10-12-21(13-11-18)28-26(34)27-16-20-7-6-14-30(17-20)25(33)23-15-24(19(2)32)31(29-23)22-8-4-3-5-9-22/h3-5,8-13,20,24H,6-7,14-17H2,1-2H3,(H2,27,28,34). The predicted octanol–water partition coefficient (Wildman–Crippen LogP) is 3.58. The van der Waals surface area contributed by atoms with Gasteiger partial charge in [-0.1, -0.05) is 35.9 Å². The number of Topliss-reactive ketones (excluding diaryl/α,β-unsaturated/α-hetero) is 1. The first-order valence-electron chi connectivity index (χ1n) is 11.7. The number of benzene rings is 2. The molecule has 1 fully saturated rings. The SMILES string of the molecule is CC(=O)C1CC(C(=O)N2CCCC(CNC(=O)Nc3ccc(C)cc3)C2)=NN1c1ccccc1. The first kappa shape index (κ1) is 23.5. The van der Waals surface area contributed by atoms with Crippen LogP contribution in [0.5, 0.6) is 0 Å². The molecule has 0 radical (unpaired) electrons. The largest absolute Gasteiger partial charge is 0.338 e. The number of hydrogen-bond donors (Lipinski definition) is 2. The van der Waals surface area contributed by atoms with Crippen LogP contribution in [0.1, 0.15) is 31.7 Å². The van der Waals surface area contributed by atoms with Crippen molar-refractivity contribution in [2.24, 2.45) is 11.0 Å². The van der Waals surface area contributed by atoms with E-state index in [2.05, 4.69) is 15.7 Å². The molecule has 2 N–H and O–H groups in total. The molecule has 8 heteroatoms. The fourth-order valence-electron chi connectivity index (χ4n) is 4.42. The predicted molar refractivity (Wildman–Crippen MR) is 133 cm³/mol. The van der Waals surface area contributed by atoms with Crippen molar-refractivity contribution in [3.05, 3.63) is 60.2 Å². The van der Waals surface area contributed by atoms with Gasteiger partial charge in [0.05, 0.1) is 5.69 Å². The number of aryl methyl sites for hydroxylation is 1. The van der Waals surface area contributed by atoms with Crippen molar-refractivity contribution >= 4 is 34.8 Å². The third-order valence-corrected chi connectivity index (χ3v) is 6.31. The third kappa shape index (κ3) is 5.62. The average Bonchev–Trinajstić information content (AvgIpc) is 3.30. The van der Waals surface area contributed by atoms with Crippen LogP contribution in [-0.4, -0.2) is 54.0 Å². The molecule has 2 aliphatic heterocycles. The second-order valence-electron chi connectivity index (χ2n) is 9.02. The van der Waals surface area contributed by atoms with Crippen LogP contribution in [0.15, 0.2) is 59.7 Å².